The monoisotopic (exact) mass is 472 g/mol. The predicted octanol–water partition coefficient (Wildman–Crippen LogP) is 5.54. The van der Waals surface area contributed by atoms with Crippen LogP contribution in [0.5, 0.6) is 0 Å². The lowest BCUT2D eigenvalue weighted by Gasteiger charge is -2.26. The van der Waals surface area contributed by atoms with Crippen LogP contribution < -0.4 is 19.7 Å². The van der Waals surface area contributed by atoms with E-state index in [0.29, 0.717) is 6.54 Å². The molecule has 33 heavy (non-hydrogen) atoms. The van der Waals surface area contributed by atoms with Gasteiger partial charge in [-0.15, -0.1) is 11.3 Å². The SMILES string of the molecule is C=C(/C=c1/s/c(=C/C=C2\C=CN(CC)c3ccccc32)c(=O)n1CC)Sc1ccccc1C. The molecule has 3 nitrogen and oxygen atoms in total. The van der Waals surface area contributed by atoms with Crippen LogP contribution in [0.4, 0.5) is 5.69 Å². The Bertz CT molecular complexity index is 1420. The summed E-state index contributed by atoms with van der Waals surface area (Å²) in [7, 11) is 0. The molecule has 1 aliphatic heterocycles. The molecule has 4 rings (SSSR count). The molecule has 1 aliphatic rings. The van der Waals surface area contributed by atoms with E-state index in [4.69, 9.17) is 0 Å². The topological polar surface area (TPSA) is 25.2 Å². The Labute approximate surface area is 203 Å². The Morgan fingerprint density at radius 1 is 1.06 bits per heavy atom. The van der Waals surface area contributed by atoms with Gasteiger partial charge in [0.15, 0.2) is 0 Å². The largest absolute Gasteiger partial charge is 0.348 e. The minimum absolute atomic E-state index is 0.0440. The van der Waals surface area contributed by atoms with Crippen molar-refractivity contribution in [2.45, 2.75) is 32.2 Å². The third-order valence-corrected chi connectivity index (χ3v) is 7.72. The Balaban J connectivity index is 1.71. The molecule has 2 heterocycles. The summed E-state index contributed by atoms with van der Waals surface area (Å²) in [5.74, 6) is 0. The molecule has 0 fully saturated rings. The summed E-state index contributed by atoms with van der Waals surface area (Å²) >= 11 is 3.15. The zero-order chi connectivity index (χ0) is 23.4. The van der Waals surface area contributed by atoms with Gasteiger partial charge in [0, 0.05) is 40.3 Å². The number of aromatic nitrogens is 1. The summed E-state index contributed by atoms with van der Waals surface area (Å²) in [5, 5.41) is 0. The second kappa shape index (κ2) is 10.3. The molecule has 0 unspecified atom stereocenters. The highest BCUT2D eigenvalue weighted by atomic mass is 32.2. The van der Waals surface area contributed by atoms with Gasteiger partial charge in [-0.05, 0) is 62.3 Å². The molecule has 5 heteroatoms. The lowest BCUT2D eigenvalue weighted by molar-refractivity contribution is 0.723. The molecule has 0 radical (unpaired) electrons. The van der Waals surface area contributed by atoms with E-state index in [1.54, 1.807) is 11.8 Å². The van der Waals surface area contributed by atoms with Gasteiger partial charge in [-0.25, -0.2) is 0 Å². The number of fused-ring (bicyclic) bond motifs is 1. The first kappa shape index (κ1) is 23.1. The van der Waals surface area contributed by atoms with Crippen LogP contribution in [0, 0.1) is 6.92 Å². The number of nitrogens with zero attached hydrogens (tertiary/aromatic N) is 2. The molecule has 3 aromatic rings. The van der Waals surface area contributed by atoms with Crippen molar-refractivity contribution in [1.29, 1.82) is 0 Å². The van der Waals surface area contributed by atoms with E-state index in [-0.39, 0.29) is 5.56 Å². The van der Waals surface area contributed by atoms with E-state index in [1.807, 2.05) is 35.8 Å². The quantitative estimate of drug-likeness (QED) is 0.440. The Morgan fingerprint density at radius 2 is 1.82 bits per heavy atom. The lowest BCUT2D eigenvalue weighted by atomic mass is 9.99. The zero-order valence-corrected chi connectivity index (χ0v) is 20.9. The fourth-order valence-corrected chi connectivity index (χ4v) is 5.82. The van der Waals surface area contributed by atoms with Crippen LogP contribution in [0.1, 0.15) is 25.0 Å². The summed E-state index contributed by atoms with van der Waals surface area (Å²) < 4.78 is 3.48. The number of anilines is 1. The van der Waals surface area contributed by atoms with Gasteiger partial charge in [0.2, 0.25) is 0 Å². The Morgan fingerprint density at radius 3 is 2.58 bits per heavy atom. The maximum atomic E-state index is 13.1. The summed E-state index contributed by atoms with van der Waals surface area (Å²) in [6.07, 6.45) is 10.2. The van der Waals surface area contributed by atoms with Crippen LogP contribution in [0.15, 0.2) is 88.1 Å². The summed E-state index contributed by atoms with van der Waals surface area (Å²) in [6.45, 7) is 12.0. The van der Waals surface area contributed by atoms with Gasteiger partial charge in [-0.1, -0.05) is 60.8 Å². The van der Waals surface area contributed by atoms with Crippen LogP contribution in [0.2, 0.25) is 0 Å². The van der Waals surface area contributed by atoms with Crippen molar-refractivity contribution in [2.24, 2.45) is 0 Å². The van der Waals surface area contributed by atoms with Crippen molar-refractivity contribution in [3.8, 4) is 0 Å². The van der Waals surface area contributed by atoms with Crippen LogP contribution in [0.25, 0.3) is 17.7 Å². The molecule has 2 aromatic carbocycles. The van der Waals surface area contributed by atoms with Gasteiger partial charge in [-0.3, -0.25) is 9.36 Å². The smallest absolute Gasteiger partial charge is 0.269 e. The third kappa shape index (κ3) is 5.00. The number of allylic oxidation sites excluding steroid dienone is 4. The van der Waals surface area contributed by atoms with E-state index >= 15 is 0 Å². The molecule has 0 saturated heterocycles. The van der Waals surface area contributed by atoms with E-state index in [2.05, 4.69) is 80.1 Å². The molecule has 0 atom stereocenters. The highest BCUT2D eigenvalue weighted by molar-refractivity contribution is 8.03. The number of hydrogen-bond donors (Lipinski definition) is 0. The number of rotatable bonds is 6. The van der Waals surface area contributed by atoms with Gasteiger partial charge < -0.3 is 4.90 Å². The molecule has 0 aliphatic carbocycles. The zero-order valence-electron chi connectivity index (χ0n) is 19.2. The normalized spacial score (nSPS) is 15.4. The second-order valence-corrected chi connectivity index (χ2v) is 9.97. The Hall–Kier alpha value is -3.02. The molecule has 0 amide bonds. The average Bonchev–Trinajstić information content (AvgIpc) is 3.12. The van der Waals surface area contributed by atoms with Gasteiger partial charge >= 0.3 is 0 Å². The first-order valence-electron chi connectivity index (χ1n) is 11.1. The first-order chi connectivity index (χ1) is 16.0. The number of benzene rings is 2. The molecule has 1 aromatic heterocycles. The number of aryl methyl sites for hydroxylation is 1. The highest BCUT2D eigenvalue weighted by Gasteiger charge is 2.13. The molecule has 168 valence electrons. The van der Waals surface area contributed by atoms with Crippen molar-refractivity contribution in [3.05, 3.63) is 109 Å². The lowest BCUT2D eigenvalue weighted by Crippen LogP contribution is -2.30. The fraction of sp³-hybridized carbons (Fsp3) is 0.179. The summed E-state index contributed by atoms with van der Waals surface area (Å²) in [5.41, 5.74) is 4.75. The van der Waals surface area contributed by atoms with Crippen LogP contribution in [-0.2, 0) is 6.54 Å². The van der Waals surface area contributed by atoms with Gasteiger partial charge in [0.05, 0.1) is 9.20 Å². The summed E-state index contributed by atoms with van der Waals surface area (Å²) in [4.78, 5) is 17.4. The number of hydrogen-bond acceptors (Lipinski definition) is 4. The Kier molecular flexibility index (Phi) is 7.21. The molecule has 0 bridgehead atoms. The van der Waals surface area contributed by atoms with E-state index in [9.17, 15) is 4.79 Å². The van der Waals surface area contributed by atoms with Crippen molar-refractivity contribution in [1.82, 2.24) is 4.57 Å². The van der Waals surface area contributed by atoms with E-state index in [1.165, 1.54) is 33.0 Å². The number of thiazole rings is 1. The third-order valence-electron chi connectivity index (χ3n) is 5.59. The molecule has 0 N–H and O–H groups in total. The molecule has 0 spiro atoms. The van der Waals surface area contributed by atoms with Gasteiger partial charge in [0.1, 0.15) is 0 Å². The maximum absolute atomic E-state index is 13.1. The van der Waals surface area contributed by atoms with Crippen LogP contribution >= 0.6 is 23.1 Å². The summed E-state index contributed by atoms with van der Waals surface area (Å²) in [6, 6.07) is 16.7. The van der Waals surface area contributed by atoms with Crippen molar-refractivity contribution in [2.75, 3.05) is 11.4 Å². The number of thioether (sulfide) groups is 1. The van der Waals surface area contributed by atoms with E-state index in [0.717, 1.165) is 26.2 Å². The number of para-hydroxylation sites is 1. The standard InChI is InChI=1S/C28H28N2OS2/c1-5-29-18-17-22(23-12-8-9-13-24(23)29)15-16-26-28(31)30(6-2)27(33-26)19-21(4)32-25-14-10-7-11-20(25)3/h7-19H,4-6H2,1-3H3/b22-15+,26-16+,27-19+. The van der Waals surface area contributed by atoms with Crippen LogP contribution in [-0.4, -0.2) is 11.1 Å². The van der Waals surface area contributed by atoms with Gasteiger partial charge in [-0.2, -0.15) is 0 Å². The average molecular weight is 473 g/mol. The molecular weight excluding hydrogens is 444 g/mol. The van der Waals surface area contributed by atoms with Crippen molar-refractivity contribution in [3.63, 3.8) is 0 Å². The minimum Gasteiger partial charge on any atom is -0.348 e. The molecular formula is C28H28N2OS2. The van der Waals surface area contributed by atoms with Crippen LogP contribution in [0.3, 0.4) is 0 Å². The highest BCUT2D eigenvalue weighted by Crippen LogP contribution is 2.32. The minimum atomic E-state index is 0.0440. The second-order valence-electron chi connectivity index (χ2n) is 7.74. The van der Waals surface area contributed by atoms with Crippen molar-refractivity contribution >= 4 is 46.5 Å². The predicted molar refractivity (Wildman–Crippen MR) is 145 cm³/mol. The fourth-order valence-electron chi connectivity index (χ4n) is 3.83. The van der Waals surface area contributed by atoms with Gasteiger partial charge in [0.25, 0.3) is 5.56 Å². The van der Waals surface area contributed by atoms with Crippen molar-refractivity contribution < 1.29 is 0 Å². The first-order valence-corrected chi connectivity index (χ1v) is 12.7. The molecule has 0 saturated carbocycles. The van der Waals surface area contributed by atoms with E-state index < -0.39 is 0 Å². The maximum Gasteiger partial charge on any atom is 0.269 e.